The summed E-state index contributed by atoms with van der Waals surface area (Å²) in [6.07, 6.45) is 0.994. The zero-order valence-electron chi connectivity index (χ0n) is 9.57. The Morgan fingerprint density at radius 1 is 1.32 bits per heavy atom. The fraction of sp³-hybridized carbons (Fsp3) is 0.0769. The van der Waals surface area contributed by atoms with E-state index in [0.717, 1.165) is 12.3 Å². The van der Waals surface area contributed by atoms with Crippen LogP contribution in [0.1, 0.15) is 15.9 Å². The van der Waals surface area contributed by atoms with Gasteiger partial charge in [-0.3, -0.25) is 0 Å². The Balaban J connectivity index is 2.08. The van der Waals surface area contributed by atoms with Gasteiger partial charge in [0.15, 0.2) is 5.82 Å². The maximum atomic E-state index is 13.3. The van der Waals surface area contributed by atoms with E-state index in [1.807, 2.05) is 0 Å². The van der Waals surface area contributed by atoms with E-state index < -0.39 is 23.3 Å². The van der Waals surface area contributed by atoms with Gasteiger partial charge in [-0.05, 0) is 23.8 Å². The molecular weight excluding hydrogens is 276 g/mol. The van der Waals surface area contributed by atoms with Crippen LogP contribution in [0.3, 0.4) is 0 Å². The van der Waals surface area contributed by atoms with Crippen LogP contribution in [0.25, 0.3) is 0 Å². The summed E-state index contributed by atoms with van der Waals surface area (Å²) in [4.78, 5) is 14.7. The molecule has 0 unspecified atom stereocenters. The van der Waals surface area contributed by atoms with Gasteiger partial charge in [0.2, 0.25) is 5.95 Å². The zero-order chi connectivity index (χ0) is 13.8. The van der Waals surface area contributed by atoms with E-state index in [0.29, 0.717) is 10.6 Å². The number of aromatic nitrogens is 1. The highest BCUT2D eigenvalue weighted by Gasteiger charge is 2.17. The number of hydrogen-bond acceptors (Lipinski definition) is 3. The minimum Gasteiger partial charge on any atom is -0.457 e. The first-order valence-corrected chi connectivity index (χ1v) is 5.67. The summed E-state index contributed by atoms with van der Waals surface area (Å²) in [6.45, 7) is -0.0806. The van der Waals surface area contributed by atoms with Crippen LogP contribution in [0.4, 0.5) is 8.78 Å². The highest BCUT2D eigenvalue weighted by atomic mass is 35.5. The summed E-state index contributed by atoms with van der Waals surface area (Å²) in [5.74, 6) is -3.62. The zero-order valence-corrected chi connectivity index (χ0v) is 10.3. The fourth-order valence-electron chi connectivity index (χ4n) is 1.43. The number of hydrogen-bond donors (Lipinski definition) is 0. The smallest absolute Gasteiger partial charge is 0.341 e. The lowest BCUT2D eigenvalue weighted by molar-refractivity contribution is 0.0465. The molecule has 1 aromatic carbocycles. The number of pyridine rings is 1. The Morgan fingerprint density at radius 3 is 2.84 bits per heavy atom. The van der Waals surface area contributed by atoms with Gasteiger partial charge in [-0.2, -0.15) is 4.39 Å². The molecule has 19 heavy (non-hydrogen) atoms. The monoisotopic (exact) mass is 283 g/mol. The number of halogens is 3. The molecule has 0 amide bonds. The molecule has 0 aliphatic rings. The van der Waals surface area contributed by atoms with Crippen LogP contribution in [0.15, 0.2) is 36.5 Å². The number of esters is 1. The third-order valence-corrected chi connectivity index (χ3v) is 2.56. The summed E-state index contributed by atoms with van der Waals surface area (Å²) in [5.41, 5.74) is 0.158. The van der Waals surface area contributed by atoms with E-state index >= 15 is 0 Å². The van der Waals surface area contributed by atoms with Crippen molar-refractivity contribution < 1.29 is 18.3 Å². The number of carbonyl (C=O) groups excluding carboxylic acids is 1. The number of nitrogens with zero attached hydrogens (tertiary/aromatic N) is 1. The molecule has 6 heteroatoms. The Bertz CT molecular complexity index is 619. The van der Waals surface area contributed by atoms with Crippen LogP contribution >= 0.6 is 11.6 Å². The second kappa shape index (κ2) is 5.75. The van der Waals surface area contributed by atoms with Gasteiger partial charge in [-0.15, -0.1) is 0 Å². The summed E-state index contributed by atoms with van der Waals surface area (Å²) in [5, 5.41) is 0.495. The highest BCUT2D eigenvalue weighted by molar-refractivity contribution is 6.30. The first-order chi connectivity index (χ1) is 9.08. The molecule has 0 fully saturated rings. The van der Waals surface area contributed by atoms with Crippen LogP contribution in [-0.2, 0) is 11.3 Å². The van der Waals surface area contributed by atoms with Crippen LogP contribution in [0.2, 0.25) is 5.02 Å². The maximum absolute atomic E-state index is 13.3. The van der Waals surface area contributed by atoms with Crippen molar-refractivity contribution in [3.63, 3.8) is 0 Å². The van der Waals surface area contributed by atoms with E-state index in [-0.39, 0.29) is 6.61 Å². The Morgan fingerprint density at radius 2 is 2.11 bits per heavy atom. The van der Waals surface area contributed by atoms with Gasteiger partial charge in [0.05, 0.1) is 0 Å². The fourth-order valence-corrected chi connectivity index (χ4v) is 1.64. The van der Waals surface area contributed by atoms with Crippen molar-refractivity contribution in [1.29, 1.82) is 0 Å². The molecule has 3 nitrogen and oxygen atoms in total. The van der Waals surface area contributed by atoms with Crippen molar-refractivity contribution in [1.82, 2.24) is 4.98 Å². The highest BCUT2D eigenvalue weighted by Crippen LogP contribution is 2.14. The van der Waals surface area contributed by atoms with E-state index in [1.165, 1.54) is 0 Å². The lowest BCUT2D eigenvalue weighted by atomic mass is 10.2. The third kappa shape index (κ3) is 3.26. The Kier molecular flexibility index (Phi) is 4.06. The second-order valence-electron chi connectivity index (χ2n) is 3.67. The van der Waals surface area contributed by atoms with Crippen molar-refractivity contribution in [2.24, 2.45) is 0 Å². The Labute approximate surface area is 112 Å². The molecule has 0 aliphatic heterocycles. The molecule has 1 aromatic heterocycles. The first kappa shape index (κ1) is 13.4. The maximum Gasteiger partial charge on any atom is 0.341 e. The number of carbonyl (C=O) groups is 1. The number of ether oxygens (including phenoxy) is 1. The van der Waals surface area contributed by atoms with Gasteiger partial charge in [0.25, 0.3) is 0 Å². The number of benzene rings is 1. The predicted octanol–water partition coefficient (Wildman–Crippen LogP) is 3.37. The summed E-state index contributed by atoms with van der Waals surface area (Å²) in [7, 11) is 0. The minimum absolute atomic E-state index is 0.0806. The van der Waals surface area contributed by atoms with Gasteiger partial charge >= 0.3 is 5.97 Å². The first-order valence-electron chi connectivity index (χ1n) is 5.29. The SMILES string of the molecule is O=C(OCc1cccc(Cl)c1)c1ccnc(F)c1F. The van der Waals surface area contributed by atoms with E-state index in [2.05, 4.69) is 4.98 Å². The summed E-state index contributed by atoms with van der Waals surface area (Å²) >= 11 is 5.76. The van der Waals surface area contributed by atoms with Crippen molar-refractivity contribution in [3.8, 4) is 0 Å². The third-order valence-electron chi connectivity index (χ3n) is 2.33. The molecule has 0 N–H and O–H groups in total. The van der Waals surface area contributed by atoms with Crippen LogP contribution < -0.4 is 0 Å². The average molecular weight is 284 g/mol. The number of rotatable bonds is 3. The van der Waals surface area contributed by atoms with Crippen molar-refractivity contribution in [3.05, 3.63) is 64.4 Å². The largest absolute Gasteiger partial charge is 0.457 e. The van der Waals surface area contributed by atoms with E-state index in [4.69, 9.17) is 16.3 Å². The molecule has 0 aliphatic carbocycles. The predicted molar refractivity (Wildman–Crippen MR) is 64.7 cm³/mol. The van der Waals surface area contributed by atoms with Gasteiger partial charge in [-0.1, -0.05) is 23.7 Å². The van der Waals surface area contributed by atoms with Gasteiger partial charge in [0, 0.05) is 11.2 Å². The normalized spacial score (nSPS) is 10.3. The van der Waals surface area contributed by atoms with Gasteiger partial charge in [-0.25, -0.2) is 14.2 Å². The molecule has 0 bridgehead atoms. The molecule has 0 atom stereocenters. The molecule has 2 rings (SSSR count). The minimum atomic E-state index is -1.34. The summed E-state index contributed by atoms with van der Waals surface area (Å²) in [6, 6.07) is 7.72. The van der Waals surface area contributed by atoms with Crippen LogP contribution in [0, 0.1) is 11.8 Å². The average Bonchev–Trinajstić information content (AvgIpc) is 2.39. The molecule has 0 saturated heterocycles. The Hall–Kier alpha value is -2.01. The lowest BCUT2D eigenvalue weighted by Gasteiger charge is -2.06. The van der Waals surface area contributed by atoms with Crippen LogP contribution in [0.5, 0.6) is 0 Å². The van der Waals surface area contributed by atoms with Gasteiger partial charge in [0.1, 0.15) is 12.2 Å². The molecule has 0 saturated carbocycles. The molecular formula is C13H8ClF2NO2. The lowest BCUT2D eigenvalue weighted by Crippen LogP contribution is -2.09. The van der Waals surface area contributed by atoms with Crippen molar-refractivity contribution in [2.75, 3.05) is 0 Å². The summed E-state index contributed by atoms with van der Waals surface area (Å²) < 4.78 is 31.0. The molecule has 0 radical (unpaired) electrons. The van der Waals surface area contributed by atoms with Crippen molar-refractivity contribution in [2.45, 2.75) is 6.61 Å². The van der Waals surface area contributed by atoms with Crippen molar-refractivity contribution >= 4 is 17.6 Å². The van der Waals surface area contributed by atoms with E-state index in [9.17, 15) is 13.6 Å². The standard InChI is InChI=1S/C13H8ClF2NO2/c14-9-3-1-2-8(6-9)7-19-13(18)10-4-5-17-12(16)11(10)15/h1-6H,7H2. The quantitative estimate of drug-likeness (QED) is 0.640. The molecule has 98 valence electrons. The van der Waals surface area contributed by atoms with Crippen LogP contribution in [-0.4, -0.2) is 11.0 Å². The molecule has 2 aromatic rings. The van der Waals surface area contributed by atoms with E-state index in [1.54, 1.807) is 24.3 Å². The second-order valence-corrected chi connectivity index (χ2v) is 4.11. The topological polar surface area (TPSA) is 39.2 Å². The van der Waals surface area contributed by atoms with Gasteiger partial charge < -0.3 is 4.74 Å². The molecule has 0 spiro atoms. The molecule has 1 heterocycles.